The Hall–Kier alpha value is -1.66. The molecule has 160 valence electrons. The summed E-state index contributed by atoms with van der Waals surface area (Å²) in [5.41, 5.74) is 1.26. The summed E-state index contributed by atoms with van der Waals surface area (Å²) in [6.45, 7) is 3.01. The lowest BCUT2D eigenvalue weighted by Gasteiger charge is -2.17. The minimum absolute atomic E-state index is 0.0155. The molecule has 1 aromatic carbocycles. The zero-order chi connectivity index (χ0) is 21.8. The Morgan fingerprint density at radius 1 is 1.14 bits per heavy atom. The molecule has 0 spiro atoms. The number of halogens is 1. The maximum atomic E-state index is 12.5. The molecule has 0 aliphatic heterocycles. The number of nitrogens with zero attached hydrogens (tertiary/aromatic N) is 1. The van der Waals surface area contributed by atoms with Gasteiger partial charge in [-0.1, -0.05) is 24.6 Å². The van der Waals surface area contributed by atoms with Gasteiger partial charge in [0.2, 0.25) is 15.9 Å². The molecule has 0 fully saturated rings. The van der Waals surface area contributed by atoms with Gasteiger partial charge in [-0.15, -0.1) is 11.3 Å². The summed E-state index contributed by atoms with van der Waals surface area (Å²) in [7, 11) is -6.02. The predicted octanol–water partition coefficient (Wildman–Crippen LogP) is 3.12. The zero-order valence-electron chi connectivity index (χ0n) is 16.1. The number of hydrogen-bond donors (Lipinski definition) is 2. The first kappa shape index (κ1) is 23.6. The van der Waals surface area contributed by atoms with Crippen molar-refractivity contribution in [3.8, 4) is 0 Å². The maximum absolute atomic E-state index is 12.5. The summed E-state index contributed by atoms with van der Waals surface area (Å²) in [6, 6.07) is 7.66. The molecule has 2 N–H and O–H groups in total. The fourth-order valence-electron chi connectivity index (χ4n) is 2.44. The Balaban J connectivity index is 2.12. The van der Waals surface area contributed by atoms with Crippen LogP contribution in [0, 0.1) is 6.92 Å². The van der Waals surface area contributed by atoms with Crippen molar-refractivity contribution in [2.24, 2.45) is 0 Å². The van der Waals surface area contributed by atoms with Crippen molar-refractivity contribution < 1.29 is 21.6 Å². The van der Waals surface area contributed by atoms with Gasteiger partial charge in [0.05, 0.1) is 22.3 Å². The molecule has 29 heavy (non-hydrogen) atoms. The van der Waals surface area contributed by atoms with Crippen molar-refractivity contribution in [2.45, 2.75) is 24.5 Å². The highest BCUT2D eigenvalue weighted by Crippen LogP contribution is 2.28. The Kier molecular flexibility index (Phi) is 7.68. The van der Waals surface area contributed by atoms with Crippen molar-refractivity contribution in [1.29, 1.82) is 0 Å². The molecule has 0 saturated heterocycles. The average molecular weight is 480 g/mol. The van der Waals surface area contributed by atoms with Crippen LogP contribution in [0.5, 0.6) is 0 Å². The van der Waals surface area contributed by atoms with E-state index < -0.39 is 32.5 Å². The quantitative estimate of drug-likeness (QED) is 0.573. The minimum atomic E-state index is -3.84. The van der Waals surface area contributed by atoms with Crippen LogP contribution in [-0.4, -0.2) is 46.4 Å². The molecule has 1 amide bonds. The number of anilines is 2. The summed E-state index contributed by atoms with van der Waals surface area (Å²) in [5, 5.41) is 2.63. The third-order valence-corrected chi connectivity index (χ3v) is 8.90. The predicted molar refractivity (Wildman–Crippen MR) is 117 cm³/mol. The summed E-state index contributed by atoms with van der Waals surface area (Å²) in [6.07, 6.45) is 0.473. The van der Waals surface area contributed by atoms with Crippen LogP contribution in [0.25, 0.3) is 0 Å². The van der Waals surface area contributed by atoms with E-state index in [1.807, 2.05) is 0 Å². The first-order chi connectivity index (χ1) is 13.5. The second kappa shape index (κ2) is 9.43. The van der Waals surface area contributed by atoms with E-state index in [-0.39, 0.29) is 9.96 Å². The summed E-state index contributed by atoms with van der Waals surface area (Å²) in [4.78, 5) is 12.4. The second-order valence-corrected chi connectivity index (χ2v) is 12.1. The average Bonchev–Trinajstić information content (AvgIpc) is 3.05. The second-order valence-electron chi connectivity index (χ2n) is 6.27. The van der Waals surface area contributed by atoms with Crippen LogP contribution in [0.2, 0.25) is 4.34 Å². The van der Waals surface area contributed by atoms with Gasteiger partial charge in [-0.25, -0.2) is 16.8 Å². The highest BCUT2D eigenvalue weighted by Gasteiger charge is 2.25. The van der Waals surface area contributed by atoms with Crippen LogP contribution in [0.3, 0.4) is 0 Å². The largest absolute Gasteiger partial charge is 0.325 e. The maximum Gasteiger partial charge on any atom is 0.252 e. The van der Waals surface area contributed by atoms with Crippen LogP contribution < -0.4 is 10.0 Å². The lowest BCUT2D eigenvalue weighted by atomic mass is 10.1. The third kappa shape index (κ3) is 6.16. The van der Waals surface area contributed by atoms with Crippen LogP contribution in [0.15, 0.2) is 34.5 Å². The molecule has 2 rings (SSSR count). The number of carbonyl (C=O) groups is 1. The standard InChI is InChI=1S/C17H22ClN3O5S3/c1-4-10-28(23,24)20-14-7-5-6-13(12(14)2)19-16(22)11-21(3)29(25,26)17-9-8-15(18)27-17/h5-9,20H,4,10-11H2,1-3H3,(H,19,22). The lowest BCUT2D eigenvalue weighted by Crippen LogP contribution is -2.34. The number of sulfonamides is 2. The Bertz CT molecular complexity index is 1100. The van der Waals surface area contributed by atoms with E-state index in [1.165, 1.54) is 19.2 Å². The van der Waals surface area contributed by atoms with Crippen molar-refractivity contribution >= 4 is 60.3 Å². The van der Waals surface area contributed by atoms with Crippen LogP contribution in [-0.2, 0) is 24.8 Å². The van der Waals surface area contributed by atoms with E-state index in [0.29, 0.717) is 27.7 Å². The monoisotopic (exact) mass is 479 g/mol. The molecule has 1 heterocycles. The summed E-state index contributed by atoms with van der Waals surface area (Å²) in [5.74, 6) is -0.575. The van der Waals surface area contributed by atoms with Gasteiger partial charge < -0.3 is 5.32 Å². The Labute approximate surface area is 180 Å². The highest BCUT2D eigenvalue weighted by atomic mass is 35.5. The topological polar surface area (TPSA) is 113 Å². The van der Waals surface area contributed by atoms with Crippen LogP contribution >= 0.6 is 22.9 Å². The molecule has 0 saturated carbocycles. The first-order valence-electron chi connectivity index (χ1n) is 8.58. The summed E-state index contributed by atoms with van der Waals surface area (Å²) >= 11 is 6.70. The molecule has 0 unspecified atom stereocenters. The van der Waals surface area contributed by atoms with E-state index in [0.717, 1.165) is 15.6 Å². The number of hydrogen-bond acceptors (Lipinski definition) is 6. The van der Waals surface area contributed by atoms with Gasteiger partial charge in [0.25, 0.3) is 10.0 Å². The van der Waals surface area contributed by atoms with E-state index in [2.05, 4.69) is 10.0 Å². The molecule has 0 atom stereocenters. The van der Waals surface area contributed by atoms with Gasteiger partial charge in [-0.2, -0.15) is 4.31 Å². The molecule has 0 bridgehead atoms. The number of amides is 1. The Morgan fingerprint density at radius 3 is 2.38 bits per heavy atom. The molecular weight excluding hydrogens is 458 g/mol. The van der Waals surface area contributed by atoms with Crippen LogP contribution in [0.1, 0.15) is 18.9 Å². The first-order valence-corrected chi connectivity index (χ1v) is 12.9. The van der Waals surface area contributed by atoms with E-state index in [9.17, 15) is 21.6 Å². The number of likely N-dealkylation sites (N-methyl/N-ethyl adjacent to an activating group) is 1. The molecule has 1 aromatic heterocycles. The fraction of sp³-hybridized carbons (Fsp3) is 0.353. The number of carbonyl (C=O) groups excluding carboxylic acids is 1. The third-order valence-electron chi connectivity index (χ3n) is 3.93. The van der Waals surface area contributed by atoms with Gasteiger partial charge in [0, 0.05) is 12.7 Å². The molecule has 0 radical (unpaired) electrons. The fourth-order valence-corrected chi connectivity index (χ4v) is 6.45. The van der Waals surface area contributed by atoms with Gasteiger partial charge in [0.15, 0.2) is 0 Å². The minimum Gasteiger partial charge on any atom is -0.325 e. The molecule has 0 aliphatic rings. The zero-order valence-corrected chi connectivity index (χ0v) is 19.3. The van der Waals surface area contributed by atoms with Gasteiger partial charge in [-0.3, -0.25) is 9.52 Å². The van der Waals surface area contributed by atoms with E-state index >= 15 is 0 Å². The number of thiophene rings is 1. The van der Waals surface area contributed by atoms with Crippen molar-refractivity contribution in [1.82, 2.24) is 4.31 Å². The van der Waals surface area contributed by atoms with Crippen molar-refractivity contribution in [3.63, 3.8) is 0 Å². The van der Waals surface area contributed by atoms with E-state index in [1.54, 1.807) is 32.0 Å². The van der Waals surface area contributed by atoms with Gasteiger partial charge in [-0.05, 0) is 43.2 Å². The van der Waals surface area contributed by atoms with Gasteiger partial charge >= 0.3 is 0 Å². The smallest absolute Gasteiger partial charge is 0.252 e. The van der Waals surface area contributed by atoms with Gasteiger partial charge in [0.1, 0.15) is 4.21 Å². The number of nitrogens with one attached hydrogen (secondary N) is 2. The summed E-state index contributed by atoms with van der Waals surface area (Å²) < 4.78 is 52.8. The van der Waals surface area contributed by atoms with Crippen LogP contribution in [0.4, 0.5) is 11.4 Å². The molecule has 8 nitrogen and oxygen atoms in total. The molecule has 2 aromatic rings. The lowest BCUT2D eigenvalue weighted by molar-refractivity contribution is -0.116. The van der Waals surface area contributed by atoms with E-state index in [4.69, 9.17) is 11.6 Å². The Morgan fingerprint density at radius 2 is 1.79 bits per heavy atom. The molecule has 12 heteroatoms. The molecule has 0 aliphatic carbocycles. The van der Waals surface area contributed by atoms with Crippen molar-refractivity contribution in [2.75, 3.05) is 29.4 Å². The SMILES string of the molecule is CCCS(=O)(=O)Nc1cccc(NC(=O)CN(C)S(=O)(=O)c2ccc(Cl)s2)c1C. The molecular formula is C17H22ClN3O5S3. The highest BCUT2D eigenvalue weighted by molar-refractivity contribution is 7.92. The number of benzene rings is 1. The normalized spacial score (nSPS) is 12.2. The van der Waals surface area contributed by atoms with Crippen molar-refractivity contribution in [3.05, 3.63) is 40.2 Å². The number of rotatable bonds is 9.